The molecule has 2 fully saturated rings. The molecule has 2 aliphatic rings. The minimum atomic E-state index is -1.78. The Kier molecular flexibility index (Phi) is 35.5. The maximum atomic E-state index is 13.2. The van der Waals surface area contributed by atoms with Gasteiger partial charge in [0.05, 0.1) is 32.0 Å². The molecule has 0 aromatic rings. The second-order valence-corrected chi connectivity index (χ2v) is 19.0. The van der Waals surface area contributed by atoms with Gasteiger partial charge in [-0.05, 0) is 19.3 Å². The van der Waals surface area contributed by atoms with Crippen LogP contribution in [0.1, 0.15) is 213 Å². The highest BCUT2D eigenvalue weighted by molar-refractivity contribution is 5.76. The van der Waals surface area contributed by atoms with Crippen molar-refractivity contribution in [3.05, 3.63) is 12.2 Å². The molecule has 0 bridgehead atoms. The number of hydrogen-bond acceptors (Lipinski definition) is 13. The van der Waals surface area contributed by atoms with Crippen LogP contribution in [0, 0.1) is 0 Å². The zero-order valence-electron chi connectivity index (χ0n) is 40.7. The summed E-state index contributed by atoms with van der Waals surface area (Å²) in [7, 11) is 0. The Morgan fingerprint density at radius 2 is 0.954 bits per heavy atom. The third-order valence-electron chi connectivity index (χ3n) is 13.2. The highest BCUT2D eigenvalue weighted by atomic mass is 16.7. The Hall–Kier alpha value is -1.27. The van der Waals surface area contributed by atoms with Crippen molar-refractivity contribution in [3.63, 3.8) is 0 Å². The standard InChI is InChI=1S/C51H97NO13/c1-3-5-7-9-11-13-15-16-17-18-19-20-21-22-23-25-27-29-31-33-35-43(56)52-39(40(55)34-32-30-28-26-24-14-12-10-8-6-4-2)38-62-50-48(61)46(59)49(42(37-54)64-50)65-51-47(60)45(58)44(57)41(36-53)63-51/h32,34,39-42,44-51,53-55,57-61H,3-31,33,35-38H2,1-2H3,(H,52,56)/b34-32+. The molecule has 0 aromatic carbocycles. The van der Waals surface area contributed by atoms with Crippen molar-refractivity contribution in [1.82, 2.24) is 5.32 Å². The van der Waals surface area contributed by atoms with Gasteiger partial charge in [0.15, 0.2) is 12.6 Å². The predicted molar refractivity (Wildman–Crippen MR) is 254 cm³/mol. The summed E-state index contributed by atoms with van der Waals surface area (Å²) < 4.78 is 22.7. The summed E-state index contributed by atoms with van der Waals surface area (Å²) in [6.07, 6.45) is 24.0. The molecule has 384 valence electrons. The second-order valence-electron chi connectivity index (χ2n) is 19.0. The summed E-state index contributed by atoms with van der Waals surface area (Å²) in [5.74, 6) is -0.237. The number of hydrogen-bond donors (Lipinski definition) is 9. The van der Waals surface area contributed by atoms with Crippen molar-refractivity contribution >= 4 is 5.91 Å². The van der Waals surface area contributed by atoms with Crippen LogP contribution in [0.3, 0.4) is 0 Å². The predicted octanol–water partition coefficient (Wildman–Crippen LogP) is 7.16. The summed E-state index contributed by atoms with van der Waals surface area (Å²) in [5, 5.41) is 86.7. The summed E-state index contributed by atoms with van der Waals surface area (Å²) in [6.45, 7) is 2.78. The van der Waals surface area contributed by atoms with Crippen LogP contribution in [0.15, 0.2) is 12.2 Å². The van der Waals surface area contributed by atoms with Crippen molar-refractivity contribution in [2.45, 2.75) is 286 Å². The molecule has 2 saturated heterocycles. The van der Waals surface area contributed by atoms with Crippen LogP contribution in [-0.4, -0.2) is 140 Å². The molecule has 2 aliphatic heterocycles. The smallest absolute Gasteiger partial charge is 0.220 e. The topological polar surface area (TPSA) is 228 Å². The second kappa shape index (κ2) is 38.6. The summed E-state index contributed by atoms with van der Waals surface area (Å²) in [6, 6.07) is -0.907. The maximum Gasteiger partial charge on any atom is 0.220 e. The molecular weight excluding hydrogens is 835 g/mol. The fourth-order valence-corrected chi connectivity index (χ4v) is 8.88. The van der Waals surface area contributed by atoms with E-state index in [0.717, 1.165) is 38.5 Å². The van der Waals surface area contributed by atoms with Crippen molar-refractivity contribution in [1.29, 1.82) is 0 Å². The van der Waals surface area contributed by atoms with E-state index in [1.54, 1.807) is 6.08 Å². The molecule has 14 heteroatoms. The molecular formula is C51H97NO13. The fraction of sp³-hybridized carbons (Fsp3) is 0.941. The van der Waals surface area contributed by atoms with Crippen molar-refractivity contribution in [2.24, 2.45) is 0 Å². The largest absolute Gasteiger partial charge is 0.394 e. The zero-order valence-corrected chi connectivity index (χ0v) is 40.7. The van der Waals surface area contributed by atoms with Gasteiger partial charge in [0, 0.05) is 6.42 Å². The van der Waals surface area contributed by atoms with E-state index in [1.165, 1.54) is 148 Å². The Morgan fingerprint density at radius 1 is 0.538 bits per heavy atom. The van der Waals surface area contributed by atoms with Crippen LogP contribution in [0.5, 0.6) is 0 Å². The quantitative estimate of drug-likeness (QED) is 0.0219. The first-order valence-corrected chi connectivity index (χ1v) is 26.4. The Bertz CT molecular complexity index is 1150. The highest BCUT2D eigenvalue weighted by Gasteiger charge is 2.51. The van der Waals surface area contributed by atoms with Crippen LogP contribution in [-0.2, 0) is 23.7 Å². The lowest BCUT2D eigenvalue weighted by Crippen LogP contribution is -2.65. The van der Waals surface area contributed by atoms with E-state index in [4.69, 9.17) is 18.9 Å². The monoisotopic (exact) mass is 932 g/mol. The number of amides is 1. The molecule has 9 N–H and O–H groups in total. The number of carbonyl (C=O) groups is 1. The molecule has 1 amide bonds. The number of allylic oxidation sites excluding steroid dienone is 1. The van der Waals surface area contributed by atoms with Crippen LogP contribution in [0.25, 0.3) is 0 Å². The molecule has 14 nitrogen and oxygen atoms in total. The highest BCUT2D eigenvalue weighted by Crippen LogP contribution is 2.30. The Labute approximate surface area is 393 Å². The van der Waals surface area contributed by atoms with Crippen LogP contribution in [0.4, 0.5) is 0 Å². The first-order chi connectivity index (χ1) is 31.6. The van der Waals surface area contributed by atoms with Gasteiger partial charge in [-0.3, -0.25) is 4.79 Å². The van der Waals surface area contributed by atoms with E-state index >= 15 is 0 Å². The summed E-state index contributed by atoms with van der Waals surface area (Å²) in [4.78, 5) is 13.2. The van der Waals surface area contributed by atoms with Crippen LogP contribution < -0.4 is 5.32 Å². The fourth-order valence-electron chi connectivity index (χ4n) is 8.88. The van der Waals surface area contributed by atoms with Crippen molar-refractivity contribution in [3.8, 4) is 0 Å². The average molecular weight is 932 g/mol. The van der Waals surface area contributed by atoms with Gasteiger partial charge in [0.25, 0.3) is 0 Å². The molecule has 12 atom stereocenters. The van der Waals surface area contributed by atoms with Gasteiger partial charge < -0.3 is 65.1 Å². The van der Waals surface area contributed by atoms with E-state index in [2.05, 4.69) is 19.2 Å². The molecule has 65 heavy (non-hydrogen) atoms. The lowest BCUT2D eigenvalue weighted by molar-refractivity contribution is -0.359. The molecule has 0 saturated carbocycles. The Balaban J connectivity index is 1.78. The number of nitrogens with one attached hydrogen (secondary N) is 1. The van der Waals surface area contributed by atoms with Crippen molar-refractivity contribution < 1.29 is 64.6 Å². The lowest BCUT2D eigenvalue weighted by Gasteiger charge is -2.46. The molecule has 0 aromatic heterocycles. The molecule has 0 spiro atoms. The van der Waals surface area contributed by atoms with E-state index < -0.39 is 86.8 Å². The van der Waals surface area contributed by atoms with Crippen LogP contribution in [0.2, 0.25) is 0 Å². The molecule has 0 radical (unpaired) electrons. The van der Waals surface area contributed by atoms with Gasteiger partial charge >= 0.3 is 0 Å². The van der Waals surface area contributed by atoms with Gasteiger partial charge in [0.1, 0.15) is 48.8 Å². The lowest BCUT2D eigenvalue weighted by atomic mass is 9.97. The average Bonchev–Trinajstić information content (AvgIpc) is 3.30. The van der Waals surface area contributed by atoms with Gasteiger partial charge in [-0.15, -0.1) is 0 Å². The summed E-state index contributed by atoms with van der Waals surface area (Å²) in [5.41, 5.74) is 0. The van der Waals surface area contributed by atoms with Gasteiger partial charge in [0.2, 0.25) is 5.91 Å². The van der Waals surface area contributed by atoms with E-state index in [0.29, 0.717) is 6.42 Å². The maximum absolute atomic E-state index is 13.2. The normalized spacial score (nSPS) is 27.0. The first kappa shape index (κ1) is 59.9. The van der Waals surface area contributed by atoms with E-state index in [9.17, 15) is 45.6 Å². The molecule has 12 unspecified atom stereocenters. The molecule has 2 rings (SSSR count). The van der Waals surface area contributed by atoms with Gasteiger partial charge in [-0.25, -0.2) is 0 Å². The van der Waals surface area contributed by atoms with Crippen LogP contribution >= 0.6 is 0 Å². The third kappa shape index (κ3) is 25.8. The SMILES string of the molecule is CCCCCCCCCCC/C=C/C(O)C(COC1OC(CO)C(OC2OC(CO)C(O)C(O)C2O)C(O)C1O)NC(=O)CCCCCCCCCCCCCCCCCCCCCC. The number of unbranched alkanes of at least 4 members (excludes halogenated alkanes) is 28. The number of carbonyl (C=O) groups excluding carboxylic acids is 1. The Morgan fingerprint density at radius 3 is 1.42 bits per heavy atom. The number of aliphatic hydroxyl groups excluding tert-OH is 8. The van der Waals surface area contributed by atoms with E-state index in [1.807, 2.05) is 6.08 Å². The first-order valence-electron chi connectivity index (χ1n) is 26.4. The van der Waals surface area contributed by atoms with Crippen molar-refractivity contribution in [2.75, 3.05) is 19.8 Å². The molecule has 2 heterocycles. The number of rotatable bonds is 41. The zero-order chi connectivity index (χ0) is 47.5. The number of ether oxygens (including phenoxy) is 4. The van der Waals surface area contributed by atoms with Gasteiger partial charge in [-0.2, -0.15) is 0 Å². The third-order valence-corrected chi connectivity index (χ3v) is 13.2. The van der Waals surface area contributed by atoms with Gasteiger partial charge in [-0.1, -0.05) is 199 Å². The van der Waals surface area contributed by atoms with E-state index in [-0.39, 0.29) is 18.9 Å². The minimum Gasteiger partial charge on any atom is -0.394 e. The summed E-state index contributed by atoms with van der Waals surface area (Å²) >= 11 is 0. The molecule has 0 aliphatic carbocycles. The number of aliphatic hydroxyl groups is 8. The minimum absolute atomic E-state index is 0.237.